The molecule has 1 heterocycles. The van der Waals surface area contributed by atoms with Crippen molar-refractivity contribution in [1.82, 2.24) is 4.57 Å². The van der Waals surface area contributed by atoms with Crippen LogP contribution in [0.4, 0.5) is 4.39 Å². The van der Waals surface area contributed by atoms with E-state index in [9.17, 15) is 4.39 Å². The third-order valence-corrected chi connectivity index (χ3v) is 3.94. The first-order valence-corrected chi connectivity index (χ1v) is 7.19. The van der Waals surface area contributed by atoms with Crippen LogP contribution in [-0.2, 0) is 13.1 Å². The summed E-state index contributed by atoms with van der Waals surface area (Å²) in [6.45, 7) is 0.923. The van der Waals surface area contributed by atoms with Crippen molar-refractivity contribution in [2.24, 2.45) is 5.73 Å². The van der Waals surface area contributed by atoms with Gasteiger partial charge in [0.05, 0.1) is 6.54 Å². The van der Waals surface area contributed by atoms with E-state index in [0.29, 0.717) is 18.7 Å². The first-order valence-electron chi connectivity index (χ1n) is 6.40. The molecule has 0 radical (unpaired) electrons. The topological polar surface area (TPSA) is 30.9 Å². The fraction of sp³-hybridized carbons (Fsp3) is 0.125. The normalized spacial score (nSPS) is 11.2. The molecule has 2 N–H and O–H groups in total. The van der Waals surface area contributed by atoms with Crippen LogP contribution in [0.1, 0.15) is 11.3 Å². The molecule has 1 aromatic heterocycles. The van der Waals surface area contributed by atoms with Gasteiger partial charge < -0.3 is 10.3 Å². The maximum absolute atomic E-state index is 14.0. The van der Waals surface area contributed by atoms with Crippen molar-refractivity contribution < 1.29 is 4.39 Å². The zero-order valence-corrected chi connectivity index (χ0v) is 12.4. The third kappa shape index (κ3) is 2.37. The Balaban J connectivity index is 2.09. The van der Waals surface area contributed by atoms with Gasteiger partial charge in [0.1, 0.15) is 5.82 Å². The van der Waals surface area contributed by atoms with Gasteiger partial charge in [-0.15, -0.1) is 0 Å². The maximum Gasteiger partial charge on any atom is 0.129 e. The van der Waals surface area contributed by atoms with Crippen LogP contribution >= 0.6 is 15.9 Å². The van der Waals surface area contributed by atoms with Crippen molar-refractivity contribution in [2.75, 3.05) is 0 Å². The number of fused-ring (bicyclic) bond motifs is 1. The van der Waals surface area contributed by atoms with Gasteiger partial charge in [0.15, 0.2) is 0 Å². The number of nitrogens with zero attached hydrogens (tertiary/aromatic N) is 1. The largest absolute Gasteiger partial charge is 0.339 e. The van der Waals surface area contributed by atoms with Crippen molar-refractivity contribution in [2.45, 2.75) is 13.1 Å². The van der Waals surface area contributed by atoms with Crippen LogP contribution in [0.2, 0.25) is 0 Å². The van der Waals surface area contributed by atoms with Crippen LogP contribution < -0.4 is 5.73 Å². The Hall–Kier alpha value is -1.65. The summed E-state index contributed by atoms with van der Waals surface area (Å²) in [5, 5.41) is 1.13. The minimum atomic E-state index is -0.208. The molecular weight excluding hydrogens is 319 g/mol. The van der Waals surface area contributed by atoms with Crippen LogP contribution in [0.15, 0.2) is 53.0 Å². The highest BCUT2D eigenvalue weighted by atomic mass is 79.9. The molecule has 2 aromatic carbocycles. The van der Waals surface area contributed by atoms with Crippen molar-refractivity contribution in [3.8, 4) is 0 Å². The number of para-hydroxylation sites is 1. The molecule has 4 heteroatoms. The number of halogens is 2. The van der Waals surface area contributed by atoms with E-state index in [1.807, 2.05) is 30.3 Å². The fourth-order valence-corrected chi connectivity index (χ4v) is 2.78. The van der Waals surface area contributed by atoms with Crippen LogP contribution in [0.25, 0.3) is 10.9 Å². The Kier molecular flexibility index (Phi) is 3.59. The number of hydrogen-bond acceptors (Lipinski definition) is 1. The molecule has 0 saturated carbocycles. The Labute approximate surface area is 125 Å². The zero-order chi connectivity index (χ0) is 14.1. The smallest absolute Gasteiger partial charge is 0.129 e. The highest BCUT2D eigenvalue weighted by molar-refractivity contribution is 9.10. The van der Waals surface area contributed by atoms with Gasteiger partial charge in [0.2, 0.25) is 0 Å². The maximum atomic E-state index is 14.0. The van der Waals surface area contributed by atoms with Gasteiger partial charge in [-0.3, -0.25) is 0 Å². The molecular formula is C16H14BrFN2. The molecule has 0 aliphatic carbocycles. The van der Waals surface area contributed by atoms with Crippen molar-refractivity contribution >= 4 is 26.8 Å². The second kappa shape index (κ2) is 5.38. The lowest BCUT2D eigenvalue weighted by molar-refractivity contribution is 0.598. The molecule has 0 saturated heterocycles. The van der Waals surface area contributed by atoms with Crippen molar-refractivity contribution in [3.05, 3.63) is 70.1 Å². The summed E-state index contributed by atoms with van der Waals surface area (Å²) in [4.78, 5) is 0. The molecule has 0 aliphatic rings. The summed E-state index contributed by atoms with van der Waals surface area (Å²) in [5.41, 5.74) is 8.55. The van der Waals surface area contributed by atoms with Crippen LogP contribution in [0, 0.1) is 5.82 Å². The monoisotopic (exact) mass is 332 g/mol. The first-order chi connectivity index (χ1) is 9.69. The molecule has 0 atom stereocenters. The molecule has 0 spiro atoms. The van der Waals surface area contributed by atoms with Gasteiger partial charge in [0.25, 0.3) is 0 Å². The van der Waals surface area contributed by atoms with E-state index in [-0.39, 0.29) is 5.82 Å². The Morgan fingerprint density at radius 3 is 2.65 bits per heavy atom. The van der Waals surface area contributed by atoms with E-state index >= 15 is 0 Å². The van der Waals surface area contributed by atoms with E-state index in [1.165, 1.54) is 6.07 Å². The number of aromatic nitrogens is 1. The highest BCUT2D eigenvalue weighted by Crippen LogP contribution is 2.23. The lowest BCUT2D eigenvalue weighted by atomic mass is 10.2. The Morgan fingerprint density at radius 2 is 1.90 bits per heavy atom. The average Bonchev–Trinajstić information content (AvgIpc) is 2.80. The van der Waals surface area contributed by atoms with Gasteiger partial charge in [-0.05, 0) is 29.7 Å². The van der Waals surface area contributed by atoms with E-state index in [4.69, 9.17) is 5.73 Å². The van der Waals surface area contributed by atoms with E-state index < -0.39 is 0 Å². The van der Waals surface area contributed by atoms with Crippen LogP contribution in [0.5, 0.6) is 0 Å². The minimum absolute atomic E-state index is 0.208. The standard InChI is InChI=1S/C16H14BrFN2/c17-13-6-5-12(15(18)8-13)10-20-14(9-19)7-11-3-1-2-4-16(11)20/h1-8H,9-10,19H2. The molecule has 102 valence electrons. The van der Waals surface area contributed by atoms with E-state index in [2.05, 4.69) is 26.6 Å². The molecule has 0 bridgehead atoms. The van der Waals surface area contributed by atoms with Crippen LogP contribution in [0.3, 0.4) is 0 Å². The molecule has 20 heavy (non-hydrogen) atoms. The minimum Gasteiger partial charge on any atom is -0.339 e. The number of rotatable bonds is 3. The molecule has 3 rings (SSSR count). The lowest BCUT2D eigenvalue weighted by Gasteiger charge is -2.11. The number of benzene rings is 2. The molecule has 0 aliphatic heterocycles. The summed E-state index contributed by atoms with van der Waals surface area (Å²) < 4.78 is 16.8. The quantitative estimate of drug-likeness (QED) is 0.770. The first kappa shape index (κ1) is 13.3. The van der Waals surface area contributed by atoms with Crippen LogP contribution in [-0.4, -0.2) is 4.57 Å². The molecule has 3 aromatic rings. The summed E-state index contributed by atoms with van der Waals surface area (Å²) in [7, 11) is 0. The van der Waals surface area contributed by atoms with Gasteiger partial charge in [-0.25, -0.2) is 4.39 Å². The van der Waals surface area contributed by atoms with Crippen molar-refractivity contribution in [3.63, 3.8) is 0 Å². The van der Waals surface area contributed by atoms with E-state index in [1.54, 1.807) is 6.07 Å². The second-order valence-corrected chi connectivity index (χ2v) is 5.64. The summed E-state index contributed by atoms with van der Waals surface area (Å²) in [6, 6.07) is 15.3. The Bertz CT molecular complexity index is 764. The third-order valence-electron chi connectivity index (χ3n) is 3.45. The summed E-state index contributed by atoms with van der Waals surface area (Å²) in [6.07, 6.45) is 0. The van der Waals surface area contributed by atoms with Crippen molar-refractivity contribution in [1.29, 1.82) is 0 Å². The molecule has 0 fully saturated rings. The number of nitrogens with two attached hydrogens (primary N) is 1. The lowest BCUT2D eigenvalue weighted by Crippen LogP contribution is -2.09. The molecule has 2 nitrogen and oxygen atoms in total. The van der Waals surface area contributed by atoms with Gasteiger partial charge in [0, 0.05) is 27.8 Å². The van der Waals surface area contributed by atoms with Gasteiger partial charge >= 0.3 is 0 Å². The number of hydrogen-bond donors (Lipinski definition) is 1. The van der Waals surface area contributed by atoms with Gasteiger partial charge in [-0.1, -0.05) is 40.2 Å². The van der Waals surface area contributed by atoms with Gasteiger partial charge in [-0.2, -0.15) is 0 Å². The molecule has 0 amide bonds. The summed E-state index contributed by atoms with van der Waals surface area (Å²) >= 11 is 3.28. The predicted octanol–water partition coefficient (Wildman–Crippen LogP) is 4.05. The molecule has 0 unspecified atom stereocenters. The van der Waals surface area contributed by atoms with E-state index in [0.717, 1.165) is 21.1 Å². The predicted molar refractivity (Wildman–Crippen MR) is 83.0 cm³/mol. The Morgan fingerprint density at radius 1 is 1.10 bits per heavy atom. The SMILES string of the molecule is NCc1cc2ccccc2n1Cc1ccc(Br)cc1F. The zero-order valence-electron chi connectivity index (χ0n) is 10.8. The highest BCUT2D eigenvalue weighted by Gasteiger charge is 2.10. The fourth-order valence-electron chi connectivity index (χ4n) is 2.44. The summed E-state index contributed by atoms with van der Waals surface area (Å²) in [5.74, 6) is -0.208. The average molecular weight is 333 g/mol. The second-order valence-electron chi connectivity index (χ2n) is 4.72.